The Kier molecular flexibility index (Phi) is 428. The molecule has 0 radical (unpaired) electrons. The van der Waals surface area contributed by atoms with Gasteiger partial charge in [0.1, 0.15) is 0 Å². The zero-order valence-corrected chi connectivity index (χ0v) is 11.0. The van der Waals surface area contributed by atoms with Crippen molar-refractivity contribution in [3.8, 4) is 0 Å². The lowest BCUT2D eigenvalue weighted by atomic mass is 11.4. The van der Waals surface area contributed by atoms with Crippen LogP contribution in [0.3, 0.4) is 0 Å². The van der Waals surface area contributed by atoms with Gasteiger partial charge in [-0.3, -0.25) is 16.2 Å². The van der Waals surface area contributed by atoms with Gasteiger partial charge in [0.2, 0.25) is 0 Å². The van der Waals surface area contributed by atoms with Crippen molar-refractivity contribution in [1.29, 1.82) is 16.2 Å². The lowest BCUT2D eigenvalue weighted by molar-refractivity contribution is 1.52. The zero-order valence-electron chi connectivity index (χ0n) is 6.19. The molecule has 0 aromatic heterocycles. The first kappa shape index (κ1) is 40.6. The van der Waals surface area contributed by atoms with Crippen LogP contribution in [0.1, 0.15) is 0 Å². The van der Waals surface area contributed by atoms with Gasteiger partial charge >= 0.3 is 0 Å². The second-order valence-electron chi connectivity index (χ2n) is 0.500. The van der Waals surface area contributed by atoms with Crippen LogP contribution in [-0.4, -0.2) is 19.0 Å². The molecule has 0 saturated carbocycles. The van der Waals surface area contributed by atoms with E-state index >= 15 is 0 Å². The summed E-state index contributed by atoms with van der Waals surface area (Å²) in [6, 6.07) is 0. The number of hydrogen-bond acceptors (Lipinski definition) is 3. The molecular formula is C3H15BrClIN6. The van der Waals surface area contributed by atoms with Crippen LogP contribution in [-0.2, 0) is 0 Å². The molecule has 0 spiro atoms. The molecule has 0 bridgehead atoms. The van der Waals surface area contributed by atoms with Crippen molar-refractivity contribution >= 4 is 72.4 Å². The maximum atomic E-state index is 5.86. The van der Waals surface area contributed by atoms with E-state index in [0.717, 1.165) is 19.0 Å². The summed E-state index contributed by atoms with van der Waals surface area (Å²) in [5, 5.41) is 17.6. The highest BCUT2D eigenvalue weighted by Crippen LogP contribution is 0.888. The van der Waals surface area contributed by atoms with Gasteiger partial charge in [0, 0.05) is 0 Å². The second kappa shape index (κ2) is 127. The number of rotatable bonds is 0. The molecular weight excluding hydrogens is 362 g/mol. The first-order valence-corrected chi connectivity index (χ1v) is 1.87. The molecule has 0 unspecified atom stereocenters. The molecule has 0 amide bonds. The van der Waals surface area contributed by atoms with Gasteiger partial charge in [-0.1, -0.05) is 0 Å². The quantitative estimate of drug-likeness (QED) is 0.204. The van der Waals surface area contributed by atoms with Gasteiger partial charge in [0.15, 0.2) is 0 Å². The number of halogens is 3. The van der Waals surface area contributed by atoms with Gasteiger partial charge in [0.25, 0.3) is 0 Å². The third kappa shape index (κ3) is 97100. The van der Waals surface area contributed by atoms with Crippen LogP contribution in [0.25, 0.3) is 0 Å². The van der Waals surface area contributed by atoms with Gasteiger partial charge in [-0.2, -0.15) is 0 Å². The summed E-state index contributed by atoms with van der Waals surface area (Å²) in [7, 11) is 0. The maximum absolute atomic E-state index is 5.86. The molecule has 9 N–H and O–H groups in total. The Morgan fingerprint density at radius 1 is 0.750 bits per heavy atom. The van der Waals surface area contributed by atoms with Crippen molar-refractivity contribution in [2.75, 3.05) is 0 Å². The zero-order chi connectivity index (χ0) is 8.12. The normalized spacial score (nSPS) is 3.00. The van der Waals surface area contributed by atoms with E-state index in [-0.39, 0.29) is 53.4 Å². The average Bonchev–Trinajstić information content (AvgIpc) is 1.70. The van der Waals surface area contributed by atoms with Crippen LogP contribution in [0, 0.1) is 16.2 Å². The van der Waals surface area contributed by atoms with Crippen molar-refractivity contribution in [1.82, 2.24) is 0 Å². The molecule has 0 aromatic carbocycles. The summed E-state index contributed by atoms with van der Waals surface area (Å²) >= 11 is 0. The Morgan fingerprint density at radius 2 is 0.750 bits per heavy atom. The molecule has 9 heteroatoms. The van der Waals surface area contributed by atoms with E-state index < -0.39 is 0 Å². The largest absolute Gasteiger partial charge is 0.390 e. The third-order valence-electron chi connectivity index (χ3n) is 0. The second-order valence-corrected chi connectivity index (χ2v) is 0.500. The molecule has 0 saturated heterocycles. The molecule has 0 aliphatic heterocycles. The number of nitrogens with two attached hydrogens (primary N) is 3. The van der Waals surface area contributed by atoms with E-state index in [1.165, 1.54) is 0 Å². The fraction of sp³-hybridized carbons (Fsp3) is 0. The minimum absolute atomic E-state index is 0. The van der Waals surface area contributed by atoms with Crippen molar-refractivity contribution in [3.05, 3.63) is 0 Å². The number of nitrogens with one attached hydrogen (secondary N) is 3. The van der Waals surface area contributed by atoms with Crippen LogP contribution in [0.15, 0.2) is 0 Å². The minimum Gasteiger partial charge on any atom is -0.390 e. The smallest absolute Gasteiger partial charge is 0.0765 e. The summed E-state index contributed by atoms with van der Waals surface area (Å²) in [5.74, 6) is 0. The van der Waals surface area contributed by atoms with Crippen LogP contribution >= 0.6 is 53.4 Å². The Morgan fingerprint density at radius 3 is 0.750 bits per heavy atom. The molecule has 0 aliphatic rings. The average molecular weight is 377 g/mol. The summed E-state index contributed by atoms with van der Waals surface area (Å²) in [5.41, 5.74) is 13.2. The van der Waals surface area contributed by atoms with Gasteiger partial charge in [-0.05, 0) is 0 Å². The molecule has 12 heavy (non-hydrogen) atoms. The molecule has 0 aliphatic carbocycles. The Bertz CT molecular complexity index is 59.5. The molecule has 78 valence electrons. The summed E-state index contributed by atoms with van der Waals surface area (Å²) in [4.78, 5) is 0. The van der Waals surface area contributed by atoms with Crippen LogP contribution in [0.5, 0.6) is 0 Å². The van der Waals surface area contributed by atoms with Crippen LogP contribution < -0.4 is 17.2 Å². The third-order valence-corrected chi connectivity index (χ3v) is 0. The first-order chi connectivity index (χ1) is 4.24. The summed E-state index contributed by atoms with van der Waals surface area (Å²) in [6.45, 7) is 0. The van der Waals surface area contributed by atoms with Gasteiger partial charge in [-0.25, -0.2) is 0 Å². The predicted molar refractivity (Wildman–Crippen MR) is 71.9 cm³/mol. The van der Waals surface area contributed by atoms with Crippen LogP contribution in [0.2, 0.25) is 0 Å². The van der Waals surface area contributed by atoms with E-state index in [1.807, 2.05) is 0 Å². The van der Waals surface area contributed by atoms with Crippen molar-refractivity contribution < 1.29 is 0 Å². The molecule has 0 heterocycles. The van der Waals surface area contributed by atoms with E-state index in [1.54, 1.807) is 0 Å². The highest BCUT2D eigenvalue weighted by Gasteiger charge is 1.11. The van der Waals surface area contributed by atoms with Crippen LogP contribution in [0.4, 0.5) is 0 Å². The Hall–Kier alpha value is -0.0900. The molecule has 0 atom stereocenters. The van der Waals surface area contributed by atoms with Crippen molar-refractivity contribution in [3.63, 3.8) is 0 Å². The fourth-order valence-electron chi connectivity index (χ4n) is 0. The number of hydrogen-bond donors (Lipinski definition) is 6. The molecule has 0 aromatic rings. The van der Waals surface area contributed by atoms with E-state index in [4.69, 9.17) is 16.2 Å². The molecule has 0 rings (SSSR count). The lowest BCUT2D eigenvalue weighted by Gasteiger charge is -1.39. The SMILES string of the molecule is Br.Cl.I.N=CN.N=CN.N=CN. The standard InChI is InChI=1S/3CH4N2.BrH.ClH.HI/c3*2-1-3;;;/h3*1H,(H3,2,3);3*1H. The summed E-state index contributed by atoms with van der Waals surface area (Å²) < 4.78 is 0. The fourth-order valence-corrected chi connectivity index (χ4v) is 0. The molecule has 6 nitrogen and oxygen atoms in total. The monoisotopic (exact) mass is 376 g/mol. The van der Waals surface area contributed by atoms with Gasteiger partial charge in [-0.15, -0.1) is 53.4 Å². The maximum Gasteiger partial charge on any atom is 0.0765 e. The van der Waals surface area contributed by atoms with Crippen molar-refractivity contribution in [2.45, 2.75) is 0 Å². The topological polar surface area (TPSA) is 150 Å². The Labute approximate surface area is 105 Å². The van der Waals surface area contributed by atoms with Gasteiger partial charge < -0.3 is 17.2 Å². The minimum atomic E-state index is 0. The van der Waals surface area contributed by atoms with Crippen molar-refractivity contribution in [2.24, 2.45) is 17.2 Å². The highest BCUT2D eigenvalue weighted by atomic mass is 127. The van der Waals surface area contributed by atoms with E-state index in [2.05, 4.69) is 17.2 Å². The highest BCUT2D eigenvalue weighted by molar-refractivity contribution is 14.0. The first-order valence-electron chi connectivity index (χ1n) is 1.87. The predicted octanol–water partition coefficient (Wildman–Crippen LogP) is 0.274. The molecule has 0 fully saturated rings. The van der Waals surface area contributed by atoms with E-state index in [0.29, 0.717) is 0 Å². The van der Waals surface area contributed by atoms with E-state index in [9.17, 15) is 0 Å². The Balaban J connectivity index is -0.00000001000. The summed E-state index contributed by atoms with van der Waals surface area (Å²) in [6.07, 6.45) is 2.25. The van der Waals surface area contributed by atoms with Gasteiger partial charge in [0.05, 0.1) is 19.0 Å². The lowest BCUT2D eigenvalue weighted by Crippen LogP contribution is -1.81.